The molecule has 6 heteroatoms. The van der Waals surface area contributed by atoms with Crippen LogP contribution in [0.4, 0.5) is 4.39 Å². The van der Waals surface area contributed by atoms with Crippen LogP contribution in [0.25, 0.3) is 0 Å². The molecule has 0 radical (unpaired) electrons. The van der Waals surface area contributed by atoms with E-state index in [1.54, 1.807) is 25.3 Å². The lowest BCUT2D eigenvalue weighted by atomic mass is 9.63. The molecule has 1 aliphatic heterocycles. The fourth-order valence-electron chi connectivity index (χ4n) is 6.71. The maximum absolute atomic E-state index is 13.9. The molecule has 0 N–H and O–H groups in total. The zero-order valence-corrected chi connectivity index (χ0v) is 25.0. The van der Waals surface area contributed by atoms with Crippen molar-refractivity contribution >= 4 is 11.6 Å². The van der Waals surface area contributed by atoms with Crippen molar-refractivity contribution in [2.75, 3.05) is 14.2 Å². The van der Waals surface area contributed by atoms with Crippen molar-refractivity contribution in [3.8, 4) is 11.5 Å². The van der Waals surface area contributed by atoms with Gasteiger partial charge in [0.25, 0.3) is 0 Å². The highest BCUT2D eigenvalue weighted by Gasteiger charge is 2.48. The number of hydrogen-bond acceptors (Lipinski definition) is 5. The first kappa shape index (κ1) is 28.8. The number of rotatable bonds is 7. The number of Topliss-reactive ketones (excluding diaryl/α,β-unsaturated/α-hetero) is 2. The standard InChI is InChI=1S/C35H40FNO4/c1-8-9-22-14-23(15-29(40-7)33(22)41-20-21-10-12-24(36)13-11-21)30-31-25(16-34(2,3)18-27(31)38)37(6)26-17-35(4,5)19-28(39)32(26)30/h8,10-15,30H,1,9,16-20H2,2-7H3. The zero-order chi connectivity index (χ0) is 29.7. The number of ether oxygens (including phenoxy) is 2. The van der Waals surface area contributed by atoms with Gasteiger partial charge in [0, 0.05) is 53.9 Å². The van der Waals surface area contributed by atoms with Gasteiger partial charge in [-0.15, -0.1) is 6.58 Å². The fraction of sp³-hybridized carbons (Fsp3) is 0.429. The molecule has 2 aliphatic carbocycles. The summed E-state index contributed by atoms with van der Waals surface area (Å²) in [4.78, 5) is 29.9. The van der Waals surface area contributed by atoms with E-state index in [9.17, 15) is 14.0 Å². The molecule has 2 aromatic carbocycles. The van der Waals surface area contributed by atoms with Crippen LogP contribution in [0.1, 0.15) is 76.0 Å². The van der Waals surface area contributed by atoms with Gasteiger partial charge in [-0.25, -0.2) is 4.39 Å². The molecular weight excluding hydrogens is 517 g/mol. The average molecular weight is 558 g/mol. The minimum atomic E-state index is -0.466. The van der Waals surface area contributed by atoms with Crippen molar-refractivity contribution in [1.29, 1.82) is 0 Å². The molecule has 41 heavy (non-hydrogen) atoms. The average Bonchev–Trinajstić information content (AvgIpc) is 2.88. The smallest absolute Gasteiger partial charge is 0.165 e. The lowest BCUT2D eigenvalue weighted by Crippen LogP contribution is -2.43. The SMILES string of the molecule is C=CCc1cc(C2C3=C(CC(C)(C)CC3=O)N(C)C3=C2C(=O)CC(C)(C)C3)cc(OC)c1OCc1ccc(F)cc1. The highest BCUT2D eigenvalue weighted by atomic mass is 19.1. The van der Waals surface area contributed by atoms with E-state index >= 15 is 0 Å². The molecule has 0 saturated carbocycles. The predicted octanol–water partition coefficient (Wildman–Crippen LogP) is 7.46. The van der Waals surface area contributed by atoms with E-state index in [1.807, 2.05) is 19.2 Å². The largest absolute Gasteiger partial charge is 0.493 e. The van der Waals surface area contributed by atoms with Crippen molar-refractivity contribution in [2.24, 2.45) is 10.8 Å². The highest BCUT2D eigenvalue weighted by molar-refractivity contribution is 6.06. The van der Waals surface area contributed by atoms with Gasteiger partial charge in [-0.3, -0.25) is 9.59 Å². The summed E-state index contributed by atoms with van der Waals surface area (Å²) >= 11 is 0. The Labute approximate surface area is 242 Å². The van der Waals surface area contributed by atoms with Crippen LogP contribution in [0.15, 0.2) is 71.6 Å². The van der Waals surface area contributed by atoms with Crippen LogP contribution in [-0.2, 0) is 22.6 Å². The third-order valence-corrected chi connectivity index (χ3v) is 8.55. The van der Waals surface area contributed by atoms with Gasteiger partial charge in [0.2, 0.25) is 0 Å². The summed E-state index contributed by atoms with van der Waals surface area (Å²) in [5.74, 6) is 0.522. The fourth-order valence-corrected chi connectivity index (χ4v) is 6.71. The molecular formula is C35H40FNO4. The number of methoxy groups -OCH3 is 1. The van der Waals surface area contributed by atoms with E-state index < -0.39 is 5.92 Å². The van der Waals surface area contributed by atoms with Crippen LogP contribution < -0.4 is 9.47 Å². The Hall–Kier alpha value is -3.67. The van der Waals surface area contributed by atoms with Crippen LogP contribution in [0.2, 0.25) is 0 Å². The maximum Gasteiger partial charge on any atom is 0.165 e. The predicted molar refractivity (Wildman–Crippen MR) is 158 cm³/mol. The lowest BCUT2D eigenvalue weighted by Gasteiger charge is -2.48. The zero-order valence-electron chi connectivity index (χ0n) is 25.0. The normalized spacial score (nSPS) is 20.1. The van der Waals surface area contributed by atoms with Gasteiger partial charge in [0.1, 0.15) is 12.4 Å². The van der Waals surface area contributed by atoms with Crippen molar-refractivity contribution in [2.45, 2.75) is 72.3 Å². The third-order valence-electron chi connectivity index (χ3n) is 8.55. The van der Waals surface area contributed by atoms with Gasteiger partial charge >= 0.3 is 0 Å². The quantitative estimate of drug-likeness (QED) is 0.331. The second-order valence-corrected chi connectivity index (χ2v) is 13.2. The monoisotopic (exact) mass is 557 g/mol. The lowest BCUT2D eigenvalue weighted by molar-refractivity contribution is -0.119. The number of halogens is 1. The van der Waals surface area contributed by atoms with E-state index in [0.29, 0.717) is 30.8 Å². The van der Waals surface area contributed by atoms with Gasteiger partial charge in [-0.1, -0.05) is 52.0 Å². The molecule has 0 fully saturated rings. The van der Waals surface area contributed by atoms with E-state index in [1.165, 1.54) is 12.1 Å². The number of carbonyl (C=O) groups is 2. The summed E-state index contributed by atoms with van der Waals surface area (Å²) in [6.45, 7) is 12.7. The number of hydrogen-bond donors (Lipinski definition) is 0. The van der Waals surface area contributed by atoms with Gasteiger partial charge in [0.15, 0.2) is 23.1 Å². The molecule has 0 unspecified atom stereocenters. The molecule has 216 valence electrons. The van der Waals surface area contributed by atoms with E-state index in [2.05, 4.69) is 39.2 Å². The Kier molecular flexibility index (Phi) is 7.47. The molecule has 0 atom stereocenters. The van der Waals surface area contributed by atoms with Crippen LogP contribution in [0.3, 0.4) is 0 Å². The van der Waals surface area contributed by atoms with E-state index in [4.69, 9.17) is 9.47 Å². The number of allylic oxidation sites excluding steroid dienone is 5. The number of carbonyl (C=O) groups excluding carboxylic acids is 2. The first-order valence-electron chi connectivity index (χ1n) is 14.3. The number of nitrogens with zero attached hydrogens (tertiary/aromatic N) is 1. The van der Waals surface area contributed by atoms with Gasteiger partial charge < -0.3 is 14.4 Å². The summed E-state index contributed by atoms with van der Waals surface area (Å²) in [5, 5.41) is 0. The minimum absolute atomic E-state index is 0.0955. The molecule has 5 nitrogen and oxygen atoms in total. The van der Waals surface area contributed by atoms with E-state index in [-0.39, 0.29) is 34.8 Å². The van der Waals surface area contributed by atoms with Crippen LogP contribution in [0.5, 0.6) is 11.5 Å². The molecule has 0 spiro atoms. The molecule has 0 bridgehead atoms. The summed E-state index contributed by atoms with van der Waals surface area (Å²) in [6, 6.07) is 10.1. The topological polar surface area (TPSA) is 55.8 Å². The molecule has 2 aromatic rings. The van der Waals surface area contributed by atoms with Crippen molar-refractivity contribution in [3.05, 3.63) is 94.1 Å². The minimum Gasteiger partial charge on any atom is -0.493 e. The Bertz CT molecular complexity index is 1420. The number of benzene rings is 2. The Morgan fingerprint density at radius 1 is 0.951 bits per heavy atom. The van der Waals surface area contributed by atoms with Gasteiger partial charge in [-0.05, 0) is 59.4 Å². The van der Waals surface area contributed by atoms with Crippen molar-refractivity contribution in [1.82, 2.24) is 4.90 Å². The van der Waals surface area contributed by atoms with Gasteiger partial charge in [0.05, 0.1) is 7.11 Å². The van der Waals surface area contributed by atoms with Gasteiger partial charge in [-0.2, -0.15) is 0 Å². The highest BCUT2D eigenvalue weighted by Crippen LogP contribution is 2.54. The molecule has 0 saturated heterocycles. The van der Waals surface area contributed by atoms with Crippen molar-refractivity contribution < 1.29 is 23.5 Å². The first-order valence-corrected chi connectivity index (χ1v) is 14.3. The van der Waals surface area contributed by atoms with Crippen LogP contribution in [-0.4, -0.2) is 30.6 Å². The molecule has 0 amide bonds. The maximum atomic E-state index is 13.9. The summed E-state index contributed by atoms with van der Waals surface area (Å²) in [5.41, 5.74) is 5.69. The third kappa shape index (κ3) is 5.49. The Morgan fingerprint density at radius 2 is 1.51 bits per heavy atom. The molecule has 5 rings (SSSR count). The molecule has 3 aliphatic rings. The molecule has 1 heterocycles. The summed E-state index contributed by atoms with van der Waals surface area (Å²) < 4.78 is 25.5. The second kappa shape index (κ2) is 10.6. The van der Waals surface area contributed by atoms with E-state index in [0.717, 1.165) is 52.1 Å². The molecule has 0 aromatic heterocycles. The van der Waals surface area contributed by atoms with Crippen LogP contribution in [0, 0.1) is 16.6 Å². The summed E-state index contributed by atoms with van der Waals surface area (Å²) in [7, 11) is 3.61. The Balaban J connectivity index is 1.67. The second-order valence-electron chi connectivity index (χ2n) is 13.2. The van der Waals surface area contributed by atoms with Crippen molar-refractivity contribution in [3.63, 3.8) is 0 Å². The first-order chi connectivity index (χ1) is 19.3. The Morgan fingerprint density at radius 3 is 2.02 bits per heavy atom. The number of ketones is 2. The van der Waals surface area contributed by atoms with Crippen LogP contribution >= 0.6 is 0 Å². The summed E-state index contributed by atoms with van der Waals surface area (Å²) in [6.07, 6.45) is 4.72.